The summed E-state index contributed by atoms with van der Waals surface area (Å²) >= 11 is 0. The van der Waals surface area contributed by atoms with Crippen LogP contribution in [-0.4, -0.2) is 20.6 Å². The Morgan fingerprint density at radius 2 is 2.00 bits per heavy atom. The van der Waals surface area contributed by atoms with Gasteiger partial charge in [0.05, 0.1) is 5.56 Å². The van der Waals surface area contributed by atoms with Crippen LogP contribution in [-0.2, 0) is 16.0 Å². The molecular weight excluding hydrogens is 283 g/mol. The van der Waals surface area contributed by atoms with Crippen LogP contribution in [0.3, 0.4) is 0 Å². The zero-order valence-electron chi connectivity index (χ0n) is 9.39. The fourth-order valence-corrected chi connectivity index (χ4v) is 2.16. The van der Waals surface area contributed by atoms with E-state index in [1.54, 1.807) is 0 Å². The molecule has 0 spiro atoms. The molecule has 0 unspecified atom stereocenters. The summed E-state index contributed by atoms with van der Waals surface area (Å²) in [5, 5.41) is 0. The second kappa shape index (κ2) is 4.69. The molecule has 0 saturated heterocycles. The van der Waals surface area contributed by atoms with Crippen molar-refractivity contribution in [3.05, 3.63) is 40.9 Å². The molecule has 102 valence electrons. The van der Waals surface area contributed by atoms with E-state index < -0.39 is 21.6 Å². The maximum Gasteiger partial charge on any atom is 0.416 e. The highest BCUT2D eigenvalue weighted by atomic mass is 32.2. The van der Waals surface area contributed by atoms with Crippen LogP contribution in [0.5, 0.6) is 5.75 Å². The molecule has 0 bridgehead atoms. The molecule has 0 N–H and O–H groups in total. The van der Waals surface area contributed by atoms with Gasteiger partial charge >= 0.3 is 6.18 Å². The first-order chi connectivity index (χ1) is 8.79. The van der Waals surface area contributed by atoms with Crippen LogP contribution in [0, 0.1) is 0 Å². The molecule has 0 amide bonds. The lowest BCUT2D eigenvalue weighted by atomic mass is 10.2. The monoisotopic (exact) mass is 291 g/mol. The van der Waals surface area contributed by atoms with Crippen molar-refractivity contribution in [1.29, 1.82) is 0 Å². The quantitative estimate of drug-likeness (QED) is 0.859. The van der Waals surface area contributed by atoms with Crippen LogP contribution in [0.1, 0.15) is 5.56 Å². The van der Waals surface area contributed by atoms with E-state index in [0.29, 0.717) is 0 Å². The summed E-state index contributed by atoms with van der Waals surface area (Å²) in [6.45, 7) is -0.357. The van der Waals surface area contributed by atoms with Gasteiger partial charge in [0.1, 0.15) is 22.8 Å². The maximum absolute atomic E-state index is 12.4. The van der Waals surface area contributed by atoms with Crippen molar-refractivity contribution in [3.8, 4) is 5.75 Å². The van der Waals surface area contributed by atoms with Crippen molar-refractivity contribution in [3.63, 3.8) is 0 Å². The van der Waals surface area contributed by atoms with E-state index in [-0.39, 0.29) is 17.3 Å². The summed E-state index contributed by atoms with van der Waals surface area (Å²) < 4.78 is 65.0. The highest BCUT2D eigenvalue weighted by molar-refractivity contribution is 8.08. The van der Waals surface area contributed by atoms with Crippen molar-refractivity contribution in [2.75, 3.05) is 6.61 Å². The Morgan fingerprint density at radius 1 is 1.26 bits per heavy atom. The smallest absolute Gasteiger partial charge is 0.416 e. The van der Waals surface area contributed by atoms with Gasteiger partial charge in [-0.05, 0) is 18.2 Å². The minimum atomic E-state index is -4.47. The molecule has 1 aliphatic heterocycles. The SMILES string of the molecule is O=S1(=O)C=NC=C1COc1cccc(C(F)(F)F)c1. The fraction of sp³-hybridized carbons (Fsp3) is 0.182. The predicted molar refractivity (Wildman–Crippen MR) is 62.4 cm³/mol. The van der Waals surface area contributed by atoms with E-state index in [9.17, 15) is 21.6 Å². The molecule has 1 aliphatic rings. The van der Waals surface area contributed by atoms with E-state index in [4.69, 9.17) is 4.74 Å². The summed E-state index contributed by atoms with van der Waals surface area (Å²) in [6, 6.07) is 4.22. The molecule has 1 heterocycles. The average Bonchev–Trinajstić information content (AvgIpc) is 2.65. The standard InChI is InChI=1S/C11H8F3NO3S/c12-11(13,14)8-2-1-3-9(4-8)18-6-10-5-15-7-19(10,16)17/h1-5,7H,6H2. The Kier molecular flexibility index (Phi) is 3.36. The molecule has 8 heteroatoms. The number of aliphatic imine (C=N–C) groups is 1. The third kappa shape index (κ3) is 3.14. The summed E-state index contributed by atoms with van der Waals surface area (Å²) in [7, 11) is -3.57. The Morgan fingerprint density at radius 3 is 2.58 bits per heavy atom. The zero-order valence-corrected chi connectivity index (χ0v) is 10.2. The highest BCUT2D eigenvalue weighted by Crippen LogP contribution is 2.31. The number of nitrogens with zero attached hydrogens (tertiary/aromatic N) is 1. The van der Waals surface area contributed by atoms with Gasteiger partial charge in [0, 0.05) is 6.20 Å². The van der Waals surface area contributed by atoms with Crippen LogP contribution in [0.15, 0.2) is 40.4 Å². The first-order valence-electron chi connectivity index (χ1n) is 5.06. The van der Waals surface area contributed by atoms with Crippen molar-refractivity contribution < 1.29 is 26.3 Å². The molecule has 0 saturated carbocycles. The van der Waals surface area contributed by atoms with Crippen molar-refractivity contribution in [1.82, 2.24) is 0 Å². The molecule has 0 aliphatic carbocycles. The average molecular weight is 291 g/mol. The molecule has 2 rings (SSSR count). The summed E-state index contributed by atoms with van der Waals surface area (Å²) in [6.07, 6.45) is -3.37. The lowest BCUT2D eigenvalue weighted by Gasteiger charge is -2.10. The number of hydrogen-bond donors (Lipinski definition) is 0. The Hall–Kier alpha value is -1.83. The van der Waals surface area contributed by atoms with Gasteiger partial charge in [0.15, 0.2) is 0 Å². The molecular formula is C11H8F3NO3S. The van der Waals surface area contributed by atoms with Crippen LogP contribution in [0.4, 0.5) is 13.2 Å². The number of sulfone groups is 1. The Bertz CT molecular complexity index is 647. The van der Waals surface area contributed by atoms with Gasteiger partial charge in [-0.25, -0.2) is 8.42 Å². The highest BCUT2D eigenvalue weighted by Gasteiger charge is 2.30. The molecule has 1 aromatic rings. The fourth-order valence-electron chi connectivity index (χ4n) is 1.37. The third-order valence-corrected chi connectivity index (χ3v) is 3.68. The first kappa shape index (κ1) is 13.6. The van der Waals surface area contributed by atoms with E-state index in [0.717, 1.165) is 23.9 Å². The summed E-state index contributed by atoms with van der Waals surface area (Å²) in [4.78, 5) is 3.36. The van der Waals surface area contributed by atoms with Crippen LogP contribution in [0.25, 0.3) is 0 Å². The molecule has 4 nitrogen and oxygen atoms in total. The summed E-state index contributed by atoms with van der Waals surface area (Å²) in [5.74, 6) is -0.0576. The van der Waals surface area contributed by atoms with Gasteiger partial charge in [0.25, 0.3) is 0 Å². The zero-order chi connectivity index (χ0) is 14.1. The second-order valence-corrected chi connectivity index (χ2v) is 5.53. The van der Waals surface area contributed by atoms with Gasteiger partial charge in [-0.3, -0.25) is 4.99 Å². The number of rotatable bonds is 3. The van der Waals surface area contributed by atoms with E-state index in [2.05, 4.69) is 4.99 Å². The third-order valence-electron chi connectivity index (χ3n) is 2.33. The van der Waals surface area contributed by atoms with E-state index in [1.165, 1.54) is 12.1 Å². The minimum Gasteiger partial charge on any atom is -0.488 e. The van der Waals surface area contributed by atoms with Crippen molar-refractivity contribution in [2.24, 2.45) is 4.99 Å². The van der Waals surface area contributed by atoms with Crippen molar-refractivity contribution in [2.45, 2.75) is 6.18 Å². The van der Waals surface area contributed by atoms with Crippen LogP contribution in [0.2, 0.25) is 0 Å². The lowest BCUT2D eigenvalue weighted by molar-refractivity contribution is -0.137. The lowest BCUT2D eigenvalue weighted by Crippen LogP contribution is -2.10. The van der Waals surface area contributed by atoms with Gasteiger partial charge < -0.3 is 4.74 Å². The number of ether oxygens (including phenoxy) is 1. The minimum absolute atomic E-state index is 0.0576. The van der Waals surface area contributed by atoms with Crippen LogP contribution < -0.4 is 4.74 Å². The molecule has 0 radical (unpaired) electrons. The molecule has 1 aromatic carbocycles. The number of hydrogen-bond acceptors (Lipinski definition) is 4. The van der Waals surface area contributed by atoms with Crippen LogP contribution >= 0.6 is 0 Å². The maximum atomic E-state index is 12.4. The van der Waals surface area contributed by atoms with E-state index in [1.807, 2.05) is 0 Å². The first-order valence-corrected chi connectivity index (χ1v) is 6.61. The molecule has 19 heavy (non-hydrogen) atoms. The van der Waals surface area contributed by atoms with Gasteiger partial charge in [0.2, 0.25) is 9.84 Å². The summed E-state index contributed by atoms with van der Waals surface area (Å²) in [5.41, 5.74) is -0.0952. The largest absolute Gasteiger partial charge is 0.488 e. The number of benzene rings is 1. The topological polar surface area (TPSA) is 55.7 Å². The Labute approximate surface area is 107 Å². The normalized spacial score (nSPS) is 17.3. The predicted octanol–water partition coefficient (Wildman–Crippen LogP) is 2.38. The van der Waals surface area contributed by atoms with E-state index >= 15 is 0 Å². The molecule has 0 aromatic heterocycles. The van der Waals surface area contributed by atoms with Gasteiger partial charge in [-0.2, -0.15) is 13.2 Å². The Balaban J connectivity index is 2.09. The van der Waals surface area contributed by atoms with Crippen molar-refractivity contribution >= 4 is 15.4 Å². The van der Waals surface area contributed by atoms with Gasteiger partial charge in [-0.1, -0.05) is 6.07 Å². The number of halogens is 3. The number of alkyl halides is 3. The van der Waals surface area contributed by atoms with Gasteiger partial charge in [-0.15, -0.1) is 0 Å². The second-order valence-electron chi connectivity index (χ2n) is 3.71. The molecule has 0 fully saturated rings. The molecule has 0 atom stereocenters.